The summed E-state index contributed by atoms with van der Waals surface area (Å²) in [6.07, 6.45) is -0.411. The van der Waals surface area contributed by atoms with Gasteiger partial charge in [-0.15, -0.1) is 0 Å². The minimum atomic E-state index is -0.774. The van der Waals surface area contributed by atoms with Crippen molar-refractivity contribution in [3.63, 3.8) is 0 Å². The monoisotopic (exact) mass is 256 g/mol. The first-order valence-electron chi connectivity index (χ1n) is 5.88. The Morgan fingerprint density at radius 3 is 2.56 bits per heavy atom. The summed E-state index contributed by atoms with van der Waals surface area (Å²) < 4.78 is 37.2. The third-order valence-electron chi connectivity index (χ3n) is 2.75. The first-order chi connectivity index (χ1) is 8.63. The standard InChI is InChI=1S/C13H14F2O3/c1-2-6-17-13-10(16)7-11(13)18-12-8(14)4-3-5-9(12)15/h3-5,11,13H,2,6-7H2,1H3. The zero-order valence-corrected chi connectivity index (χ0v) is 9.99. The van der Waals surface area contributed by atoms with Crippen molar-refractivity contribution in [1.82, 2.24) is 0 Å². The zero-order valence-electron chi connectivity index (χ0n) is 9.99. The van der Waals surface area contributed by atoms with Crippen LogP contribution >= 0.6 is 0 Å². The van der Waals surface area contributed by atoms with E-state index in [1.54, 1.807) is 0 Å². The van der Waals surface area contributed by atoms with Crippen LogP contribution < -0.4 is 4.74 Å². The van der Waals surface area contributed by atoms with Crippen molar-refractivity contribution >= 4 is 5.78 Å². The van der Waals surface area contributed by atoms with Gasteiger partial charge in [0.2, 0.25) is 0 Å². The molecule has 0 amide bonds. The molecule has 2 unspecified atom stereocenters. The second-order valence-electron chi connectivity index (χ2n) is 4.17. The molecule has 1 aliphatic rings. The highest BCUT2D eigenvalue weighted by Crippen LogP contribution is 2.29. The number of rotatable bonds is 5. The fourth-order valence-corrected chi connectivity index (χ4v) is 1.76. The lowest BCUT2D eigenvalue weighted by molar-refractivity contribution is -0.155. The molecule has 5 heteroatoms. The van der Waals surface area contributed by atoms with E-state index in [0.717, 1.165) is 18.6 Å². The third kappa shape index (κ3) is 2.51. The number of carbonyl (C=O) groups is 1. The van der Waals surface area contributed by atoms with Crippen LogP contribution in [-0.4, -0.2) is 24.6 Å². The molecule has 3 nitrogen and oxygen atoms in total. The number of benzene rings is 1. The van der Waals surface area contributed by atoms with Crippen molar-refractivity contribution in [1.29, 1.82) is 0 Å². The summed E-state index contributed by atoms with van der Waals surface area (Å²) in [6, 6.07) is 3.48. The number of halogens is 2. The van der Waals surface area contributed by atoms with Crippen LogP contribution in [0.4, 0.5) is 8.78 Å². The van der Waals surface area contributed by atoms with E-state index >= 15 is 0 Å². The van der Waals surface area contributed by atoms with Gasteiger partial charge in [-0.3, -0.25) is 4.79 Å². The van der Waals surface area contributed by atoms with Crippen LogP contribution in [0.2, 0.25) is 0 Å². The van der Waals surface area contributed by atoms with Gasteiger partial charge in [0.1, 0.15) is 6.10 Å². The van der Waals surface area contributed by atoms with Crippen LogP contribution in [0, 0.1) is 11.6 Å². The second kappa shape index (κ2) is 5.44. The lowest BCUT2D eigenvalue weighted by atomic mass is 9.90. The van der Waals surface area contributed by atoms with Crippen LogP contribution in [0.25, 0.3) is 0 Å². The average Bonchev–Trinajstić information content (AvgIpc) is 2.33. The Morgan fingerprint density at radius 1 is 1.33 bits per heavy atom. The van der Waals surface area contributed by atoms with Gasteiger partial charge in [0.05, 0.1) is 0 Å². The van der Waals surface area contributed by atoms with Gasteiger partial charge in [0.25, 0.3) is 0 Å². The maximum absolute atomic E-state index is 13.4. The number of hydrogen-bond donors (Lipinski definition) is 0. The molecule has 0 spiro atoms. The van der Waals surface area contributed by atoms with Gasteiger partial charge in [-0.2, -0.15) is 0 Å². The molecular weight excluding hydrogens is 242 g/mol. The van der Waals surface area contributed by atoms with E-state index in [-0.39, 0.29) is 12.2 Å². The summed E-state index contributed by atoms with van der Waals surface area (Å²) in [6.45, 7) is 2.34. The summed E-state index contributed by atoms with van der Waals surface area (Å²) in [5.74, 6) is -2.09. The number of ketones is 1. The summed E-state index contributed by atoms with van der Waals surface area (Å²) in [4.78, 5) is 11.3. The van der Waals surface area contributed by atoms with Gasteiger partial charge in [-0.1, -0.05) is 13.0 Å². The first-order valence-corrected chi connectivity index (χ1v) is 5.88. The minimum Gasteiger partial charge on any atom is -0.481 e. The molecule has 1 aliphatic carbocycles. The van der Waals surface area contributed by atoms with Crippen LogP contribution in [0.3, 0.4) is 0 Å². The maximum Gasteiger partial charge on any atom is 0.191 e. The fraction of sp³-hybridized carbons (Fsp3) is 0.462. The summed E-state index contributed by atoms with van der Waals surface area (Å²) in [5, 5.41) is 0. The lowest BCUT2D eigenvalue weighted by Gasteiger charge is -2.34. The number of Topliss-reactive ketones (excluding diaryl/α,β-unsaturated/α-hetero) is 1. The number of para-hydroxylation sites is 1. The molecule has 0 heterocycles. The molecule has 0 N–H and O–H groups in total. The highest BCUT2D eigenvalue weighted by Gasteiger charge is 2.43. The number of hydrogen-bond acceptors (Lipinski definition) is 3. The topological polar surface area (TPSA) is 35.5 Å². The number of carbonyl (C=O) groups excluding carboxylic acids is 1. The molecule has 2 atom stereocenters. The molecule has 1 aromatic rings. The molecule has 0 aromatic heterocycles. The van der Waals surface area contributed by atoms with Crippen molar-refractivity contribution in [2.45, 2.75) is 32.0 Å². The Bertz CT molecular complexity index is 428. The van der Waals surface area contributed by atoms with E-state index in [9.17, 15) is 13.6 Å². The molecule has 98 valence electrons. The quantitative estimate of drug-likeness (QED) is 0.812. The van der Waals surface area contributed by atoms with E-state index < -0.39 is 29.6 Å². The van der Waals surface area contributed by atoms with Crippen molar-refractivity contribution in [2.75, 3.05) is 6.61 Å². The van der Waals surface area contributed by atoms with Gasteiger partial charge in [-0.05, 0) is 18.6 Å². The molecule has 0 saturated heterocycles. The summed E-state index contributed by atoms with van der Waals surface area (Å²) in [7, 11) is 0. The molecule has 0 aliphatic heterocycles. The lowest BCUT2D eigenvalue weighted by Crippen LogP contribution is -2.52. The van der Waals surface area contributed by atoms with Crippen LogP contribution in [-0.2, 0) is 9.53 Å². The van der Waals surface area contributed by atoms with E-state index in [2.05, 4.69) is 0 Å². The van der Waals surface area contributed by atoms with Crippen molar-refractivity contribution in [3.8, 4) is 5.75 Å². The van der Waals surface area contributed by atoms with Gasteiger partial charge < -0.3 is 9.47 Å². The van der Waals surface area contributed by atoms with E-state index in [4.69, 9.17) is 9.47 Å². The smallest absolute Gasteiger partial charge is 0.191 e. The fourth-order valence-electron chi connectivity index (χ4n) is 1.76. The highest BCUT2D eigenvalue weighted by molar-refractivity contribution is 5.90. The van der Waals surface area contributed by atoms with Crippen molar-refractivity contribution in [2.24, 2.45) is 0 Å². The molecule has 1 fully saturated rings. The number of ether oxygens (including phenoxy) is 2. The Labute approximate surface area is 104 Å². The molecule has 18 heavy (non-hydrogen) atoms. The predicted octanol–water partition coefficient (Wildman–Crippen LogP) is 2.48. The van der Waals surface area contributed by atoms with E-state index in [1.807, 2.05) is 6.92 Å². The molecule has 1 aromatic carbocycles. The van der Waals surface area contributed by atoms with Crippen LogP contribution in [0.5, 0.6) is 5.75 Å². The molecule has 1 saturated carbocycles. The van der Waals surface area contributed by atoms with Gasteiger partial charge in [0.15, 0.2) is 29.3 Å². The molecular formula is C13H14F2O3. The molecule has 2 rings (SSSR count). The average molecular weight is 256 g/mol. The summed E-state index contributed by atoms with van der Waals surface area (Å²) >= 11 is 0. The Kier molecular flexibility index (Phi) is 3.91. The SMILES string of the molecule is CCCOC1C(=O)CC1Oc1c(F)cccc1F. The highest BCUT2D eigenvalue weighted by atomic mass is 19.1. The molecule has 0 bridgehead atoms. The predicted molar refractivity (Wildman–Crippen MR) is 60.4 cm³/mol. The largest absolute Gasteiger partial charge is 0.481 e. The van der Waals surface area contributed by atoms with E-state index in [1.165, 1.54) is 6.07 Å². The van der Waals surface area contributed by atoms with Gasteiger partial charge in [-0.25, -0.2) is 8.78 Å². The Hall–Kier alpha value is -1.49. The zero-order chi connectivity index (χ0) is 13.1. The maximum atomic E-state index is 13.4. The normalized spacial score (nSPS) is 22.7. The van der Waals surface area contributed by atoms with Crippen LogP contribution in [0.15, 0.2) is 18.2 Å². The van der Waals surface area contributed by atoms with Gasteiger partial charge in [0, 0.05) is 13.0 Å². The van der Waals surface area contributed by atoms with Crippen LogP contribution in [0.1, 0.15) is 19.8 Å². The Morgan fingerprint density at radius 2 is 2.00 bits per heavy atom. The Balaban J connectivity index is 2.03. The first kappa shape index (κ1) is 13.0. The third-order valence-corrected chi connectivity index (χ3v) is 2.75. The van der Waals surface area contributed by atoms with Crippen molar-refractivity contribution in [3.05, 3.63) is 29.8 Å². The summed E-state index contributed by atoms with van der Waals surface area (Å²) in [5.41, 5.74) is 0. The van der Waals surface area contributed by atoms with Gasteiger partial charge >= 0.3 is 0 Å². The van der Waals surface area contributed by atoms with Crippen molar-refractivity contribution < 1.29 is 23.0 Å². The second-order valence-corrected chi connectivity index (χ2v) is 4.17. The minimum absolute atomic E-state index is 0.0924. The molecule has 0 radical (unpaired) electrons. The van der Waals surface area contributed by atoms with E-state index in [0.29, 0.717) is 6.61 Å².